The van der Waals surface area contributed by atoms with E-state index in [0.717, 1.165) is 56.7 Å². The van der Waals surface area contributed by atoms with Crippen LogP contribution in [0.3, 0.4) is 0 Å². The molecule has 1 fully saturated rings. The van der Waals surface area contributed by atoms with Gasteiger partial charge in [-0.2, -0.15) is 0 Å². The van der Waals surface area contributed by atoms with Crippen LogP contribution in [0, 0.1) is 0 Å². The minimum Gasteiger partial charge on any atom is -0.384 e. The summed E-state index contributed by atoms with van der Waals surface area (Å²) in [5.41, 5.74) is 2.19. The Morgan fingerprint density at radius 3 is 2.95 bits per heavy atom. The summed E-state index contributed by atoms with van der Waals surface area (Å²) in [6, 6.07) is 10.3. The zero-order chi connectivity index (χ0) is 14.3. The first kappa shape index (κ1) is 14.3. The number of anilines is 1. The van der Waals surface area contributed by atoms with Crippen molar-refractivity contribution in [2.45, 2.75) is 25.4 Å². The number of piperidine rings is 1. The Balaban J connectivity index is 1.44. The highest BCUT2D eigenvalue weighted by Crippen LogP contribution is 2.20. The van der Waals surface area contributed by atoms with Crippen molar-refractivity contribution >= 4 is 16.6 Å². The first-order valence-corrected chi connectivity index (χ1v) is 7.83. The molecule has 4 nitrogen and oxygen atoms in total. The summed E-state index contributed by atoms with van der Waals surface area (Å²) in [7, 11) is 0. The molecule has 1 saturated heterocycles. The first-order chi connectivity index (χ1) is 10.4. The molecule has 0 bridgehead atoms. The number of hydrogen-bond donors (Lipinski definition) is 2. The number of benzene rings is 1. The summed E-state index contributed by atoms with van der Waals surface area (Å²) < 4.78 is 5.92. The second-order valence-corrected chi connectivity index (χ2v) is 5.48. The van der Waals surface area contributed by atoms with Crippen LogP contribution >= 0.6 is 0 Å². The van der Waals surface area contributed by atoms with E-state index >= 15 is 0 Å². The van der Waals surface area contributed by atoms with Gasteiger partial charge in [0.25, 0.3) is 0 Å². The highest BCUT2D eigenvalue weighted by molar-refractivity contribution is 5.90. The number of pyridine rings is 1. The van der Waals surface area contributed by atoms with Gasteiger partial charge in [-0.05, 0) is 44.5 Å². The molecule has 0 atom stereocenters. The number of aromatic nitrogens is 1. The molecule has 1 aliphatic rings. The summed E-state index contributed by atoms with van der Waals surface area (Å²) >= 11 is 0. The van der Waals surface area contributed by atoms with Crippen molar-refractivity contribution in [2.24, 2.45) is 0 Å². The normalized spacial score (nSPS) is 16.2. The predicted octanol–water partition coefficient (Wildman–Crippen LogP) is 2.81. The maximum atomic E-state index is 5.92. The highest BCUT2D eigenvalue weighted by atomic mass is 16.5. The summed E-state index contributed by atoms with van der Waals surface area (Å²) in [6.45, 7) is 3.94. The average molecular weight is 285 g/mol. The quantitative estimate of drug-likeness (QED) is 0.801. The fourth-order valence-electron chi connectivity index (χ4n) is 2.76. The molecular formula is C17H23N3O. The number of hydrogen-bond acceptors (Lipinski definition) is 4. The van der Waals surface area contributed by atoms with Crippen molar-refractivity contribution in [3.05, 3.63) is 36.5 Å². The third-order valence-corrected chi connectivity index (χ3v) is 3.93. The van der Waals surface area contributed by atoms with E-state index in [1.165, 1.54) is 5.39 Å². The monoisotopic (exact) mass is 285 g/mol. The van der Waals surface area contributed by atoms with Gasteiger partial charge in [0.2, 0.25) is 0 Å². The molecule has 112 valence electrons. The molecule has 0 saturated carbocycles. The van der Waals surface area contributed by atoms with E-state index in [4.69, 9.17) is 4.74 Å². The van der Waals surface area contributed by atoms with Crippen molar-refractivity contribution in [3.8, 4) is 0 Å². The molecule has 0 radical (unpaired) electrons. The van der Waals surface area contributed by atoms with Gasteiger partial charge in [-0.15, -0.1) is 0 Å². The SMILES string of the molecule is c1ccc2c(NCCCOC3CCNCC3)ccnc2c1. The lowest BCUT2D eigenvalue weighted by atomic mass is 10.1. The molecular weight excluding hydrogens is 262 g/mol. The van der Waals surface area contributed by atoms with Crippen LogP contribution in [0.5, 0.6) is 0 Å². The van der Waals surface area contributed by atoms with Gasteiger partial charge in [-0.3, -0.25) is 4.98 Å². The minimum absolute atomic E-state index is 0.452. The molecule has 1 aromatic carbocycles. The van der Waals surface area contributed by atoms with E-state index < -0.39 is 0 Å². The molecule has 2 aromatic rings. The van der Waals surface area contributed by atoms with Crippen LogP contribution in [-0.4, -0.2) is 37.3 Å². The molecule has 0 amide bonds. The lowest BCUT2D eigenvalue weighted by molar-refractivity contribution is 0.0329. The van der Waals surface area contributed by atoms with E-state index in [0.29, 0.717) is 6.10 Å². The number of ether oxygens (including phenoxy) is 1. The molecule has 1 aliphatic heterocycles. The van der Waals surface area contributed by atoms with Crippen LogP contribution in [-0.2, 0) is 4.74 Å². The smallest absolute Gasteiger partial charge is 0.0722 e. The first-order valence-electron chi connectivity index (χ1n) is 7.83. The summed E-state index contributed by atoms with van der Waals surface area (Å²) in [6.07, 6.45) is 5.62. The van der Waals surface area contributed by atoms with E-state index in [2.05, 4.69) is 27.8 Å². The van der Waals surface area contributed by atoms with Crippen molar-refractivity contribution in [1.82, 2.24) is 10.3 Å². The Bertz CT molecular complexity index is 561. The van der Waals surface area contributed by atoms with Crippen LogP contribution in [0.2, 0.25) is 0 Å². The van der Waals surface area contributed by atoms with Crippen LogP contribution in [0.4, 0.5) is 5.69 Å². The van der Waals surface area contributed by atoms with Crippen LogP contribution < -0.4 is 10.6 Å². The number of rotatable bonds is 6. The van der Waals surface area contributed by atoms with E-state index in [1.807, 2.05) is 24.4 Å². The van der Waals surface area contributed by atoms with Gasteiger partial charge < -0.3 is 15.4 Å². The zero-order valence-corrected chi connectivity index (χ0v) is 12.3. The summed E-state index contributed by atoms with van der Waals surface area (Å²) in [4.78, 5) is 4.38. The molecule has 21 heavy (non-hydrogen) atoms. The number of nitrogens with one attached hydrogen (secondary N) is 2. The van der Waals surface area contributed by atoms with Gasteiger partial charge in [0.05, 0.1) is 11.6 Å². The Hall–Kier alpha value is -1.65. The number of fused-ring (bicyclic) bond motifs is 1. The molecule has 2 N–H and O–H groups in total. The van der Waals surface area contributed by atoms with Gasteiger partial charge in [-0.1, -0.05) is 18.2 Å². The standard InChI is InChI=1S/C17H23N3O/c1-2-5-16-15(4-1)17(8-12-20-16)19-9-3-13-21-14-6-10-18-11-7-14/h1-2,4-5,8,12,14,18H,3,6-7,9-11,13H2,(H,19,20). The maximum Gasteiger partial charge on any atom is 0.0722 e. The van der Waals surface area contributed by atoms with E-state index in [1.54, 1.807) is 0 Å². The third kappa shape index (κ3) is 3.93. The molecule has 0 aliphatic carbocycles. The summed E-state index contributed by atoms with van der Waals surface area (Å²) in [5, 5.41) is 8.03. The highest BCUT2D eigenvalue weighted by Gasteiger charge is 2.12. The molecule has 1 aromatic heterocycles. The minimum atomic E-state index is 0.452. The topological polar surface area (TPSA) is 46.2 Å². The second-order valence-electron chi connectivity index (χ2n) is 5.48. The molecule has 4 heteroatoms. The van der Waals surface area contributed by atoms with Crippen molar-refractivity contribution < 1.29 is 4.74 Å². The molecule has 3 rings (SSSR count). The van der Waals surface area contributed by atoms with Gasteiger partial charge in [0, 0.05) is 30.4 Å². The predicted molar refractivity (Wildman–Crippen MR) is 86.7 cm³/mol. The van der Waals surface area contributed by atoms with Crippen molar-refractivity contribution in [3.63, 3.8) is 0 Å². The Morgan fingerprint density at radius 1 is 1.19 bits per heavy atom. The number of nitrogens with zero attached hydrogens (tertiary/aromatic N) is 1. The zero-order valence-electron chi connectivity index (χ0n) is 12.3. The summed E-state index contributed by atoms with van der Waals surface area (Å²) in [5.74, 6) is 0. The molecule has 0 unspecified atom stereocenters. The lowest BCUT2D eigenvalue weighted by Crippen LogP contribution is -2.32. The Morgan fingerprint density at radius 2 is 2.05 bits per heavy atom. The van der Waals surface area contributed by atoms with Gasteiger partial charge >= 0.3 is 0 Å². The molecule has 2 heterocycles. The lowest BCUT2D eigenvalue weighted by Gasteiger charge is -2.23. The van der Waals surface area contributed by atoms with Gasteiger partial charge in [-0.25, -0.2) is 0 Å². The fourth-order valence-corrected chi connectivity index (χ4v) is 2.76. The van der Waals surface area contributed by atoms with E-state index in [-0.39, 0.29) is 0 Å². The van der Waals surface area contributed by atoms with Gasteiger partial charge in [0.15, 0.2) is 0 Å². The van der Waals surface area contributed by atoms with Gasteiger partial charge in [0.1, 0.15) is 0 Å². The van der Waals surface area contributed by atoms with Crippen molar-refractivity contribution in [1.29, 1.82) is 0 Å². The maximum absolute atomic E-state index is 5.92. The number of para-hydroxylation sites is 1. The van der Waals surface area contributed by atoms with Crippen LogP contribution in [0.25, 0.3) is 10.9 Å². The fraction of sp³-hybridized carbons (Fsp3) is 0.471. The second kappa shape index (κ2) is 7.38. The molecule has 0 spiro atoms. The van der Waals surface area contributed by atoms with Crippen molar-refractivity contribution in [2.75, 3.05) is 31.6 Å². The Kier molecular flexibility index (Phi) is 5.03. The Labute approximate surface area is 125 Å². The average Bonchev–Trinajstić information content (AvgIpc) is 2.56. The van der Waals surface area contributed by atoms with Crippen LogP contribution in [0.15, 0.2) is 36.5 Å². The largest absolute Gasteiger partial charge is 0.384 e. The van der Waals surface area contributed by atoms with Crippen LogP contribution in [0.1, 0.15) is 19.3 Å². The third-order valence-electron chi connectivity index (χ3n) is 3.93. The van der Waals surface area contributed by atoms with E-state index in [9.17, 15) is 0 Å².